The molecule has 0 spiro atoms. The zero-order chi connectivity index (χ0) is 9.26. The van der Waals surface area contributed by atoms with Crippen molar-refractivity contribution in [2.24, 2.45) is 0 Å². The van der Waals surface area contributed by atoms with Gasteiger partial charge in [-0.05, 0) is 11.6 Å². The van der Waals surface area contributed by atoms with Gasteiger partial charge in [0.15, 0.2) is 0 Å². The Bertz CT molecular complexity index is 310. The Labute approximate surface area is 86.4 Å². The fourth-order valence-corrected chi connectivity index (χ4v) is 1.98. The third-order valence-corrected chi connectivity index (χ3v) is 2.40. The molecule has 0 radical (unpaired) electrons. The van der Waals surface area contributed by atoms with E-state index in [1.54, 1.807) is 0 Å². The zero-order valence-electron chi connectivity index (χ0n) is 7.33. The van der Waals surface area contributed by atoms with Crippen LogP contribution < -0.4 is 0 Å². The maximum atomic E-state index is 4.33. The molecule has 0 bridgehead atoms. The van der Waals surface area contributed by atoms with E-state index in [9.17, 15) is 0 Å². The maximum absolute atomic E-state index is 4.33. The molecule has 68 valence electrons. The highest BCUT2D eigenvalue weighted by Crippen LogP contribution is 2.21. The standard InChI is InChI=1S/C10H11BrN2/c1-8(11)5-13-6-9-3-2-4-12-10(9)7-13/h2-4H,1,5-7H2. The van der Waals surface area contributed by atoms with Gasteiger partial charge in [-0.25, -0.2) is 0 Å². The summed E-state index contributed by atoms with van der Waals surface area (Å²) in [5.41, 5.74) is 2.55. The van der Waals surface area contributed by atoms with Crippen LogP contribution in [0.2, 0.25) is 0 Å². The third kappa shape index (κ3) is 1.98. The summed E-state index contributed by atoms with van der Waals surface area (Å²) in [6.45, 7) is 6.67. The average molecular weight is 239 g/mol. The monoisotopic (exact) mass is 238 g/mol. The van der Waals surface area contributed by atoms with Gasteiger partial charge in [-0.1, -0.05) is 28.6 Å². The summed E-state index contributed by atoms with van der Waals surface area (Å²) in [4.78, 5) is 6.64. The van der Waals surface area contributed by atoms with Gasteiger partial charge in [-0.3, -0.25) is 9.88 Å². The fourth-order valence-electron chi connectivity index (χ4n) is 1.62. The second-order valence-corrected chi connectivity index (χ2v) is 4.39. The van der Waals surface area contributed by atoms with Crippen molar-refractivity contribution in [1.82, 2.24) is 9.88 Å². The van der Waals surface area contributed by atoms with E-state index in [1.165, 1.54) is 11.3 Å². The minimum absolute atomic E-state index is 0.899. The molecule has 13 heavy (non-hydrogen) atoms. The van der Waals surface area contributed by atoms with E-state index in [4.69, 9.17) is 0 Å². The van der Waals surface area contributed by atoms with Crippen molar-refractivity contribution in [2.45, 2.75) is 13.1 Å². The van der Waals surface area contributed by atoms with Crippen molar-refractivity contribution in [3.8, 4) is 0 Å². The number of pyridine rings is 1. The number of fused-ring (bicyclic) bond motifs is 1. The summed E-state index contributed by atoms with van der Waals surface area (Å²) in [5.74, 6) is 0. The van der Waals surface area contributed by atoms with Gasteiger partial charge in [0.25, 0.3) is 0 Å². The first-order valence-electron chi connectivity index (χ1n) is 4.24. The van der Waals surface area contributed by atoms with E-state index in [0.29, 0.717) is 0 Å². The average Bonchev–Trinajstić information content (AvgIpc) is 2.44. The van der Waals surface area contributed by atoms with Crippen LogP contribution in [0.5, 0.6) is 0 Å². The van der Waals surface area contributed by atoms with E-state index >= 15 is 0 Å². The first-order chi connectivity index (χ1) is 6.25. The minimum atomic E-state index is 0.899. The number of hydrogen-bond acceptors (Lipinski definition) is 2. The molecule has 3 heteroatoms. The molecule has 0 atom stereocenters. The van der Waals surface area contributed by atoms with Gasteiger partial charge >= 0.3 is 0 Å². The molecule has 0 N–H and O–H groups in total. The van der Waals surface area contributed by atoms with Gasteiger partial charge in [-0.15, -0.1) is 0 Å². The smallest absolute Gasteiger partial charge is 0.0589 e. The number of aromatic nitrogens is 1. The van der Waals surface area contributed by atoms with Crippen LogP contribution in [0.1, 0.15) is 11.3 Å². The van der Waals surface area contributed by atoms with Crippen LogP contribution in [-0.4, -0.2) is 16.4 Å². The molecular formula is C10H11BrN2. The molecule has 0 aliphatic carbocycles. The molecule has 2 rings (SSSR count). The van der Waals surface area contributed by atoms with Crippen LogP contribution in [0.15, 0.2) is 29.4 Å². The molecule has 1 aliphatic rings. The molecule has 0 aromatic carbocycles. The van der Waals surface area contributed by atoms with Crippen LogP contribution in [0.4, 0.5) is 0 Å². The Morgan fingerprint density at radius 2 is 2.46 bits per heavy atom. The lowest BCUT2D eigenvalue weighted by atomic mass is 10.2. The molecule has 0 fully saturated rings. The van der Waals surface area contributed by atoms with Gasteiger partial charge in [0, 0.05) is 30.3 Å². The normalized spacial score (nSPS) is 15.8. The summed E-state index contributed by atoms with van der Waals surface area (Å²) in [6, 6.07) is 4.13. The minimum Gasteiger partial charge on any atom is -0.288 e. The summed E-state index contributed by atoms with van der Waals surface area (Å²) >= 11 is 3.37. The second-order valence-electron chi connectivity index (χ2n) is 3.27. The van der Waals surface area contributed by atoms with Crippen LogP contribution in [0.25, 0.3) is 0 Å². The van der Waals surface area contributed by atoms with Gasteiger partial charge in [0.1, 0.15) is 0 Å². The van der Waals surface area contributed by atoms with Crippen molar-refractivity contribution in [1.29, 1.82) is 0 Å². The summed E-state index contributed by atoms with van der Waals surface area (Å²) < 4.78 is 1.03. The van der Waals surface area contributed by atoms with Crippen LogP contribution in [0, 0.1) is 0 Å². The number of halogens is 1. The van der Waals surface area contributed by atoms with Gasteiger partial charge in [0.05, 0.1) is 5.69 Å². The SMILES string of the molecule is C=C(Br)CN1Cc2cccnc2C1. The Balaban J connectivity index is 2.09. The number of rotatable bonds is 2. The van der Waals surface area contributed by atoms with Crippen molar-refractivity contribution in [2.75, 3.05) is 6.54 Å². The summed E-state index contributed by atoms with van der Waals surface area (Å²) in [5, 5.41) is 0. The van der Waals surface area contributed by atoms with Gasteiger partial charge < -0.3 is 0 Å². The van der Waals surface area contributed by atoms with E-state index in [2.05, 4.69) is 38.5 Å². The molecule has 0 saturated carbocycles. The molecule has 1 aliphatic heterocycles. The highest BCUT2D eigenvalue weighted by atomic mass is 79.9. The Hall–Kier alpha value is -0.670. The molecule has 2 heterocycles. The van der Waals surface area contributed by atoms with Crippen LogP contribution in [-0.2, 0) is 13.1 Å². The molecule has 0 amide bonds. The maximum Gasteiger partial charge on any atom is 0.0589 e. The lowest BCUT2D eigenvalue weighted by molar-refractivity contribution is 0.314. The van der Waals surface area contributed by atoms with Crippen molar-refractivity contribution in [3.63, 3.8) is 0 Å². The third-order valence-electron chi connectivity index (χ3n) is 2.15. The van der Waals surface area contributed by atoms with Gasteiger partial charge in [-0.2, -0.15) is 0 Å². The first-order valence-corrected chi connectivity index (χ1v) is 5.03. The highest BCUT2D eigenvalue weighted by molar-refractivity contribution is 9.11. The highest BCUT2D eigenvalue weighted by Gasteiger charge is 2.18. The summed E-state index contributed by atoms with van der Waals surface area (Å²) in [7, 11) is 0. The predicted octanol–water partition coefficient (Wildman–Crippen LogP) is 2.31. The lowest BCUT2D eigenvalue weighted by Crippen LogP contribution is -2.17. The molecule has 0 unspecified atom stereocenters. The van der Waals surface area contributed by atoms with E-state index in [-0.39, 0.29) is 0 Å². The molecule has 0 saturated heterocycles. The number of nitrogens with zero attached hydrogens (tertiary/aromatic N) is 2. The largest absolute Gasteiger partial charge is 0.288 e. The van der Waals surface area contributed by atoms with Gasteiger partial charge in [0.2, 0.25) is 0 Å². The Morgan fingerprint density at radius 1 is 1.62 bits per heavy atom. The zero-order valence-corrected chi connectivity index (χ0v) is 8.92. The number of hydrogen-bond donors (Lipinski definition) is 0. The van der Waals surface area contributed by atoms with Crippen molar-refractivity contribution in [3.05, 3.63) is 40.6 Å². The van der Waals surface area contributed by atoms with E-state index in [1.807, 2.05) is 12.3 Å². The van der Waals surface area contributed by atoms with E-state index in [0.717, 1.165) is 24.1 Å². The Morgan fingerprint density at radius 3 is 3.15 bits per heavy atom. The second kappa shape index (κ2) is 3.60. The Kier molecular flexibility index (Phi) is 2.47. The molecule has 1 aromatic rings. The topological polar surface area (TPSA) is 16.1 Å². The lowest BCUT2D eigenvalue weighted by Gasteiger charge is -2.12. The van der Waals surface area contributed by atoms with E-state index < -0.39 is 0 Å². The molecular weight excluding hydrogens is 228 g/mol. The van der Waals surface area contributed by atoms with Crippen molar-refractivity contribution < 1.29 is 0 Å². The summed E-state index contributed by atoms with van der Waals surface area (Å²) in [6.07, 6.45) is 1.85. The van der Waals surface area contributed by atoms with Crippen LogP contribution in [0.3, 0.4) is 0 Å². The first kappa shape index (κ1) is 8.91. The quantitative estimate of drug-likeness (QED) is 0.787. The fraction of sp³-hybridized carbons (Fsp3) is 0.300. The molecule has 1 aromatic heterocycles. The molecule has 2 nitrogen and oxygen atoms in total. The van der Waals surface area contributed by atoms with Crippen molar-refractivity contribution >= 4 is 15.9 Å². The van der Waals surface area contributed by atoms with Crippen LogP contribution >= 0.6 is 15.9 Å². The predicted molar refractivity (Wildman–Crippen MR) is 56.4 cm³/mol.